The molecule has 8 atom stereocenters. The van der Waals surface area contributed by atoms with E-state index in [2.05, 4.69) is 89.2 Å². The summed E-state index contributed by atoms with van der Waals surface area (Å²) in [4.78, 5) is 0. The molecule has 0 nitrogen and oxygen atoms in total. The predicted octanol–water partition coefficient (Wildman–Crippen LogP) is 15.2. The zero-order valence-electron chi connectivity index (χ0n) is 33.7. The van der Waals surface area contributed by atoms with Gasteiger partial charge in [-0.25, -0.2) is 8.78 Å². The van der Waals surface area contributed by atoms with E-state index in [1.54, 1.807) is 12.1 Å². The molecule has 6 rings (SSSR count). The smallest absolute Gasteiger partial charge is 0.131 e. The van der Waals surface area contributed by atoms with Crippen LogP contribution in [-0.4, -0.2) is 0 Å². The third-order valence-electron chi connectivity index (χ3n) is 13.8. The molecule has 4 aromatic rings. The zero-order valence-corrected chi connectivity index (χ0v) is 33.7. The van der Waals surface area contributed by atoms with Gasteiger partial charge in [0.1, 0.15) is 11.6 Å². The molecule has 0 radical (unpaired) electrons. The first kappa shape index (κ1) is 39.4. The Morgan fingerprint density at radius 2 is 1.19 bits per heavy atom. The lowest BCUT2D eigenvalue weighted by Crippen LogP contribution is -2.35. The van der Waals surface area contributed by atoms with E-state index in [0.29, 0.717) is 40.7 Å². The molecule has 0 N–H and O–H groups in total. The monoisotopic (exact) mass is 717 g/mol. The molecule has 0 amide bonds. The van der Waals surface area contributed by atoms with Crippen molar-refractivity contribution in [2.75, 3.05) is 0 Å². The normalized spacial score (nSPS) is 24.5. The first-order valence-electron chi connectivity index (χ1n) is 21.4. The van der Waals surface area contributed by atoms with Crippen molar-refractivity contribution >= 4 is 0 Å². The van der Waals surface area contributed by atoms with Crippen molar-refractivity contribution in [2.24, 2.45) is 41.4 Å². The maximum atomic E-state index is 15.2. The van der Waals surface area contributed by atoms with E-state index in [1.165, 1.54) is 81.8 Å². The summed E-state index contributed by atoms with van der Waals surface area (Å²) in [6.07, 6.45) is 16.4. The van der Waals surface area contributed by atoms with E-state index in [4.69, 9.17) is 0 Å². The highest BCUT2D eigenvalue weighted by molar-refractivity contribution is 5.66. The minimum absolute atomic E-state index is 0.135. The maximum absolute atomic E-state index is 15.2. The van der Waals surface area contributed by atoms with E-state index in [-0.39, 0.29) is 11.6 Å². The molecule has 53 heavy (non-hydrogen) atoms. The third-order valence-corrected chi connectivity index (χ3v) is 13.8. The quantitative estimate of drug-likeness (QED) is 0.122. The van der Waals surface area contributed by atoms with Gasteiger partial charge >= 0.3 is 0 Å². The van der Waals surface area contributed by atoms with Crippen LogP contribution in [-0.2, 0) is 12.8 Å². The Kier molecular flexibility index (Phi) is 13.7. The first-order chi connectivity index (χ1) is 25.7. The molecule has 0 aromatic heterocycles. The summed E-state index contributed by atoms with van der Waals surface area (Å²) in [5.74, 6) is 5.14. The summed E-state index contributed by atoms with van der Waals surface area (Å²) in [6.45, 7) is 13.8. The van der Waals surface area contributed by atoms with Crippen LogP contribution < -0.4 is 0 Å². The number of benzene rings is 4. The second-order valence-corrected chi connectivity index (χ2v) is 17.5. The summed E-state index contributed by atoms with van der Waals surface area (Å²) in [7, 11) is 0. The minimum Gasteiger partial charge on any atom is -0.206 e. The molecule has 0 saturated heterocycles. The van der Waals surface area contributed by atoms with Crippen molar-refractivity contribution in [3.8, 4) is 22.3 Å². The van der Waals surface area contributed by atoms with Crippen LogP contribution in [0.4, 0.5) is 8.78 Å². The fraction of sp³-hybridized carbons (Fsp3) is 0.529. The molecule has 2 fully saturated rings. The van der Waals surface area contributed by atoms with Crippen LogP contribution >= 0.6 is 0 Å². The highest BCUT2D eigenvalue weighted by Crippen LogP contribution is 2.50. The second kappa shape index (κ2) is 18.4. The standard InChI is InChI=1S/C51H66F2/c1-7-10-38-15-20-44(35(5)29-38)33-48(43-23-21-42(22-24-43)46-25-12-34(4)28-50(46)52)49(45-26-17-39(11-8-2)30-36(45)6)31-40-13-18-41(19-14-40)47-27-16-37(9-3)32-51(47)53/h12-14,16,18-19,21-25,27-28,32,35-36,38-39,44-45,48-49H,7-11,15,17,20,26,29-31,33H2,1-6H3. The van der Waals surface area contributed by atoms with E-state index in [0.717, 1.165) is 52.8 Å². The molecule has 284 valence electrons. The van der Waals surface area contributed by atoms with Crippen molar-refractivity contribution in [2.45, 2.75) is 131 Å². The second-order valence-electron chi connectivity index (χ2n) is 17.5. The third kappa shape index (κ3) is 9.71. The van der Waals surface area contributed by atoms with E-state index in [1.807, 2.05) is 25.1 Å². The van der Waals surface area contributed by atoms with E-state index in [9.17, 15) is 0 Å². The molecule has 0 heterocycles. The van der Waals surface area contributed by atoms with Gasteiger partial charge in [-0.15, -0.1) is 0 Å². The lowest BCUT2D eigenvalue weighted by atomic mass is 9.60. The van der Waals surface area contributed by atoms with Crippen molar-refractivity contribution in [3.05, 3.63) is 119 Å². The summed E-state index contributed by atoms with van der Waals surface area (Å²) < 4.78 is 30.3. The van der Waals surface area contributed by atoms with Gasteiger partial charge in [0.15, 0.2) is 0 Å². The Balaban J connectivity index is 1.36. The van der Waals surface area contributed by atoms with Crippen molar-refractivity contribution in [3.63, 3.8) is 0 Å². The summed E-state index contributed by atoms with van der Waals surface area (Å²) in [6, 6.07) is 29.2. The van der Waals surface area contributed by atoms with E-state index < -0.39 is 0 Å². The fourth-order valence-electron chi connectivity index (χ4n) is 10.8. The van der Waals surface area contributed by atoms with Crippen LogP contribution in [0.25, 0.3) is 22.3 Å². The van der Waals surface area contributed by atoms with Crippen LogP contribution in [0.15, 0.2) is 84.9 Å². The minimum atomic E-state index is -0.146. The van der Waals surface area contributed by atoms with Gasteiger partial charge in [0.05, 0.1) is 0 Å². The molecule has 2 heteroatoms. The summed E-state index contributed by atoms with van der Waals surface area (Å²) in [5.41, 5.74) is 8.03. The Hall–Kier alpha value is -3.26. The van der Waals surface area contributed by atoms with Gasteiger partial charge in [0.25, 0.3) is 0 Å². The molecular formula is C51H66F2. The average molecular weight is 717 g/mol. The molecule has 4 aromatic carbocycles. The zero-order chi connectivity index (χ0) is 37.5. The molecule has 2 aliphatic carbocycles. The Labute approximate surface area is 321 Å². The summed E-state index contributed by atoms with van der Waals surface area (Å²) in [5, 5.41) is 0. The van der Waals surface area contributed by atoms with Gasteiger partial charge in [-0.1, -0.05) is 146 Å². The van der Waals surface area contributed by atoms with Crippen LogP contribution in [0.5, 0.6) is 0 Å². The SMILES string of the molecule is CCCC1CCC(CC(c2ccc(-c3ccc(C)cc3F)cc2)C(Cc2ccc(-c3ccc(CC)cc3F)cc2)C2CCC(CCC)CC2C)C(C)C1. The lowest BCUT2D eigenvalue weighted by Gasteiger charge is -2.44. The highest BCUT2D eigenvalue weighted by Gasteiger charge is 2.39. The number of halogens is 2. The molecule has 2 aliphatic rings. The van der Waals surface area contributed by atoms with Gasteiger partial charge in [-0.05, 0) is 145 Å². The molecule has 0 spiro atoms. The average Bonchev–Trinajstić information content (AvgIpc) is 3.15. The molecule has 0 aliphatic heterocycles. The Bertz CT molecular complexity index is 1740. The van der Waals surface area contributed by atoms with Crippen LogP contribution in [0.1, 0.15) is 133 Å². The Morgan fingerprint density at radius 3 is 1.75 bits per heavy atom. The van der Waals surface area contributed by atoms with Gasteiger partial charge in [-0.3, -0.25) is 0 Å². The largest absolute Gasteiger partial charge is 0.206 e. The van der Waals surface area contributed by atoms with Gasteiger partial charge in [0, 0.05) is 11.1 Å². The molecule has 2 saturated carbocycles. The maximum Gasteiger partial charge on any atom is 0.131 e. The fourth-order valence-corrected chi connectivity index (χ4v) is 10.8. The van der Waals surface area contributed by atoms with Crippen molar-refractivity contribution in [1.29, 1.82) is 0 Å². The van der Waals surface area contributed by atoms with Crippen LogP contribution in [0.2, 0.25) is 0 Å². The molecule has 0 bridgehead atoms. The van der Waals surface area contributed by atoms with Gasteiger partial charge in [-0.2, -0.15) is 0 Å². The van der Waals surface area contributed by atoms with Crippen molar-refractivity contribution in [1.82, 2.24) is 0 Å². The number of hydrogen-bond acceptors (Lipinski definition) is 0. The topological polar surface area (TPSA) is 0 Å². The summed E-state index contributed by atoms with van der Waals surface area (Å²) >= 11 is 0. The van der Waals surface area contributed by atoms with Gasteiger partial charge < -0.3 is 0 Å². The lowest BCUT2D eigenvalue weighted by molar-refractivity contribution is 0.0928. The van der Waals surface area contributed by atoms with E-state index >= 15 is 8.78 Å². The van der Waals surface area contributed by atoms with Gasteiger partial charge in [0.2, 0.25) is 0 Å². The van der Waals surface area contributed by atoms with Crippen molar-refractivity contribution < 1.29 is 8.78 Å². The predicted molar refractivity (Wildman–Crippen MR) is 222 cm³/mol. The Morgan fingerprint density at radius 1 is 0.623 bits per heavy atom. The number of rotatable bonds is 14. The van der Waals surface area contributed by atoms with Crippen LogP contribution in [0, 0.1) is 60.0 Å². The number of aryl methyl sites for hydroxylation is 2. The highest BCUT2D eigenvalue weighted by atomic mass is 19.1. The first-order valence-corrected chi connectivity index (χ1v) is 21.4. The number of hydrogen-bond donors (Lipinski definition) is 0. The van der Waals surface area contributed by atoms with Crippen LogP contribution in [0.3, 0.4) is 0 Å². The molecule has 8 unspecified atom stereocenters. The molecular weight excluding hydrogens is 651 g/mol.